The van der Waals surface area contributed by atoms with Crippen LogP contribution in [0.1, 0.15) is 34.6 Å². The van der Waals surface area contributed by atoms with E-state index in [1.807, 2.05) is 32.3 Å². The van der Waals surface area contributed by atoms with Crippen LogP contribution in [0.5, 0.6) is 0 Å². The average Bonchev–Trinajstić information content (AvgIpc) is 3.57. The fourth-order valence-corrected chi connectivity index (χ4v) is 2.97. The molecule has 8 nitrogen and oxygen atoms in total. The largest absolute Gasteiger partial charge is 0.275 e. The molecule has 2 heterocycles. The predicted molar refractivity (Wildman–Crippen MR) is 117 cm³/mol. The number of hydroxylamine groups is 4. The highest BCUT2D eigenvalue weighted by atomic mass is 16.7. The van der Waals surface area contributed by atoms with Crippen molar-refractivity contribution in [3.8, 4) is 0 Å². The first-order chi connectivity index (χ1) is 14.8. The molecule has 3 rings (SSSR count). The number of hydrogen-bond donors (Lipinski definition) is 0. The van der Waals surface area contributed by atoms with Gasteiger partial charge in [0, 0.05) is 50.9 Å². The van der Waals surface area contributed by atoms with Gasteiger partial charge in [-0.25, -0.2) is 10.1 Å². The lowest BCUT2D eigenvalue weighted by atomic mass is 10.1. The van der Waals surface area contributed by atoms with Crippen LogP contribution in [-0.4, -0.2) is 60.2 Å². The number of rotatable bonds is 6. The lowest BCUT2D eigenvalue weighted by Crippen LogP contribution is -2.27. The molecule has 0 aromatic carbocycles. The van der Waals surface area contributed by atoms with E-state index >= 15 is 0 Å². The van der Waals surface area contributed by atoms with Gasteiger partial charge in [0.15, 0.2) is 0 Å². The summed E-state index contributed by atoms with van der Waals surface area (Å²) in [4.78, 5) is 40.9. The Labute approximate surface area is 183 Å². The maximum absolute atomic E-state index is 11.8. The summed E-state index contributed by atoms with van der Waals surface area (Å²) in [7, 11) is 6.15. The second-order valence-corrected chi connectivity index (χ2v) is 7.41. The van der Waals surface area contributed by atoms with Crippen LogP contribution in [0.2, 0.25) is 0 Å². The van der Waals surface area contributed by atoms with Crippen LogP contribution in [-0.2, 0) is 19.3 Å². The van der Waals surface area contributed by atoms with Crippen LogP contribution in [0.25, 0.3) is 6.08 Å². The van der Waals surface area contributed by atoms with Crippen LogP contribution < -0.4 is 0 Å². The molecule has 0 N–H and O–H groups in total. The highest BCUT2D eigenvalue weighted by Crippen LogP contribution is 2.48. The van der Waals surface area contributed by atoms with E-state index in [4.69, 9.17) is 9.68 Å². The van der Waals surface area contributed by atoms with Crippen molar-refractivity contribution in [3.05, 3.63) is 65.2 Å². The van der Waals surface area contributed by atoms with Crippen molar-refractivity contribution in [2.45, 2.75) is 26.2 Å². The first kappa shape index (κ1) is 24.2. The minimum Gasteiger partial charge on any atom is -0.275 e. The van der Waals surface area contributed by atoms with Crippen molar-refractivity contribution in [1.29, 1.82) is 0 Å². The molecule has 2 unspecified atom stereocenters. The van der Waals surface area contributed by atoms with E-state index in [1.165, 1.54) is 25.4 Å². The quantitative estimate of drug-likeness (QED) is 0.522. The summed E-state index contributed by atoms with van der Waals surface area (Å²) < 4.78 is 0. The zero-order chi connectivity index (χ0) is 23.0. The highest BCUT2D eigenvalue weighted by Gasteiger charge is 2.45. The topological polar surface area (TPSA) is 84.9 Å². The summed E-state index contributed by atoms with van der Waals surface area (Å²) >= 11 is 0. The third-order valence-corrected chi connectivity index (χ3v) is 4.91. The monoisotopic (exact) mass is 426 g/mol. The molecular formula is C23H30N4O4. The minimum atomic E-state index is -0.209. The van der Waals surface area contributed by atoms with E-state index in [-0.39, 0.29) is 17.7 Å². The molecule has 0 spiro atoms. The first-order valence-electron chi connectivity index (χ1n) is 9.91. The number of hydrogen-bond acceptors (Lipinski definition) is 6. The van der Waals surface area contributed by atoms with E-state index < -0.39 is 0 Å². The summed E-state index contributed by atoms with van der Waals surface area (Å²) in [5.74, 6) is 0.221. The maximum atomic E-state index is 11.8. The van der Waals surface area contributed by atoms with E-state index in [9.17, 15) is 9.59 Å². The number of carbonyl (C=O) groups is 2. The summed E-state index contributed by atoms with van der Waals surface area (Å²) in [6.45, 7) is 3.96. The summed E-state index contributed by atoms with van der Waals surface area (Å²) in [5, 5.41) is 2.45. The normalized spacial score (nSPS) is 17.0. The van der Waals surface area contributed by atoms with Crippen molar-refractivity contribution >= 4 is 17.9 Å². The van der Waals surface area contributed by atoms with Crippen molar-refractivity contribution in [2.75, 3.05) is 28.3 Å². The van der Waals surface area contributed by atoms with Crippen LogP contribution >= 0.6 is 0 Å². The first-order valence-corrected chi connectivity index (χ1v) is 9.91. The van der Waals surface area contributed by atoms with Gasteiger partial charge in [-0.15, -0.1) is 0 Å². The summed E-state index contributed by atoms with van der Waals surface area (Å²) in [6.07, 6.45) is 11.2. The number of aryl methyl sites for hydroxylation is 2. The van der Waals surface area contributed by atoms with Crippen LogP contribution in [0, 0.1) is 19.8 Å². The molecule has 2 aromatic rings. The standard InChI is InChI=1S/C12H16N2O2.C11H14N2O2/c1-8-4-9(7-13-6-8)10-5-11(10)12(15)14(2)16-3;1-9-6-10(8-12-7-9)4-5-11(14)13(2)15-3/h4,6-7,10-11H,5H2,1-3H3;4-8H,1-3H3/b;5-4+. The van der Waals surface area contributed by atoms with Gasteiger partial charge in [0.1, 0.15) is 0 Å². The Balaban J connectivity index is 0.000000221. The van der Waals surface area contributed by atoms with Crippen molar-refractivity contribution < 1.29 is 19.3 Å². The average molecular weight is 427 g/mol. The third kappa shape index (κ3) is 7.27. The molecule has 1 saturated carbocycles. The molecule has 2 atom stereocenters. The molecule has 2 aromatic heterocycles. The molecule has 8 heteroatoms. The lowest BCUT2D eigenvalue weighted by molar-refractivity contribution is -0.170. The predicted octanol–water partition coefficient (Wildman–Crippen LogP) is 2.94. The van der Waals surface area contributed by atoms with Gasteiger partial charge in [0.25, 0.3) is 5.91 Å². The minimum absolute atomic E-state index is 0.0500. The number of amides is 2. The Morgan fingerprint density at radius 2 is 1.58 bits per heavy atom. The van der Waals surface area contributed by atoms with Gasteiger partial charge < -0.3 is 0 Å². The molecule has 0 aliphatic heterocycles. The number of pyridine rings is 2. The Hall–Kier alpha value is -3.10. The van der Waals surface area contributed by atoms with Gasteiger partial charge in [0.05, 0.1) is 14.2 Å². The molecule has 0 saturated heterocycles. The summed E-state index contributed by atoms with van der Waals surface area (Å²) in [5.41, 5.74) is 4.25. The molecule has 0 radical (unpaired) electrons. The fourth-order valence-electron chi connectivity index (χ4n) is 2.97. The van der Waals surface area contributed by atoms with Gasteiger partial charge in [-0.3, -0.25) is 29.2 Å². The SMILES string of the molecule is CON(C)C(=O)/C=C/c1cncc(C)c1.CON(C)C(=O)C1CC1c1cncc(C)c1. The van der Waals surface area contributed by atoms with Gasteiger partial charge in [-0.05, 0) is 60.6 Å². The smallest absolute Gasteiger partial charge is 0.269 e. The van der Waals surface area contributed by atoms with Crippen LogP contribution in [0.15, 0.2) is 43.0 Å². The number of likely N-dealkylation sites (N-methyl/N-ethyl adjacent to an activating group) is 1. The van der Waals surface area contributed by atoms with E-state index in [0.717, 1.165) is 33.7 Å². The molecule has 1 fully saturated rings. The van der Waals surface area contributed by atoms with Crippen molar-refractivity contribution in [2.24, 2.45) is 5.92 Å². The van der Waals surface area contributed by atoms with Gasteiger partial charge >= 0.3 is 0 Å². The molecule has 31 heavy (non-hydrogen) atoms. The van der Waals surface area contributed by atoms with E-state index in [2.05, 4.69) is 16.0 Å². The third-order valence-electron chi connectivity index (χ3n) is 4.91. The van der Waals surface area contributed by atoms with E-state index in [1.54, 1.807) is 32.6 Å². The molecule has 166 valence electrons. The molecule has 1 aliphatic rings. The number of nitrogens with zero attached hydrogens (tertiary/aromatic N) is 4. The van der Waals surface area contributed by atoms with Crippen LogP contribution in [0.3, 0.4) is 0 Å². The molecule has 0 bridgehead atoms. The van der Waals surface area contributed by atoms with Crippen LogP contribution in [0.4, 0.5) is 0 Å². The van der Waals surface area contributed by atoms with Crippen molar-refractivity contribution in [3.63, 3.8) is 0 Å². The lowest BCUT2D eigenvalue weighted by Gasteiger charge is -2.13. The Kier molecular flexibility index (Phi) is 8.84. The Morgan fingerprint density at radius 1 is 0.968 bits per heavy atom. The van der Waals surface area contributed by atoms with Gasteiger partial charge in [-0.1, -0.05) is 6.07 Å². The molecule has 2 amide bonds. The number of aromatic nitrogens is 2. The Morgan fingerprint density at radius 3 is 2.16 bits per heavy atom. The zero-order valence-corrected chi connectivity index (χ0v) is 18.9. The highest BCUT2D eigenvalue weighted by molar-refractivity contribution is 5.90. The second-order valence-electron chi connectivity index (χ2n) is 7.41. The molecule has 1 aliphatic carbocycles. The Bertz CT molecular complexity index is 931. The van der Waals surface area contributed by atoms with Gasteiger partial charge in [-0.2, -0.15) is 0 Å². The maximum Gasteiger partial charge on any atom is 0.269 e. The zero-order valence-electron chi connectivity index (χ0n) is 18.9. The number of carbonyl (C=O) groups excluding carboxylic acids is 2. The fraction of sp³-hybridized carbons (Fsp3) is 0.391. The summed E-state index contributed by atoms with van der Waals surface area (Å²) in [6, 6.07) is 4.04. The second kappa shape index (κ2) is 11.3. The van der Waals surface area contributed by atoms with Crippen molar-refractivity contribution in [1.82, 2.24) is 20.1 Å². The molecular weight excluding hydrogens is 396 g/mol. The van der Waals surface area contributed by atoms with Gasteiger partial charge in [0.2, 0.25) is 5.91 Å². The van der Waals surface area contributed by atoms with E-state index in [0.29, 0.717) is 5.92 Å².